The molecule has 3 heteroatoms. The van der Waals surface area contributed by atoms with Gasteiger partial charge in [0, 0.05) is 7.11 Å². The van der Waals surface area contributed by atoms with Gasteiger partial charge in [0.2, 0.25) is 0 Å². The molecule has 0 heterocycles. The van der Waals surface area contributed by atoms with Crippen LogP contribution in [0.25, 0.3) is 0 Å². The maximum Gasteiger partial charge on any atom is 0.186 e. The molecular formula is C11H27NOSi. The van der Waals surface area contributed by atoms with E-state index in [0.717, 1.165) is 6.54 Å². The van der Waals surface area contributed by atoms with Crippen molar-refractivity contribution in [2.24, 2.45) is 5.73 Å². The lowest BCUT2D eigenvalue weighted by Gasteiger charge is -2.19. The lowest BCUT2D eigenvalue weighted by molar-refractivity contribution is 0.400. The van der Waals surface area contributed by atoms with Crippen LogP contribution in [0.3, 0.4) is 0 Å². The average Bonchev–Trinajstić information content (AvgIpc) is 2.16. The van der Waals surface area contributed by atoms with Gasteiger partial charge in [-0.3, -0.25) is 0 Å². The number of unbranched alkanes of at least 4 members (excludes halogenated alkanes) is 5. The van der Waals surface area contributed by atoms with Gasteiger partial charge in [-0.1, -0.05) is 32.1 Å². The third-order valence-electron chi connectivity index (χ3n) is 2.79. The van der Waals surface area contributed by atoms with E-state index in [9.17, 15) is 0 Å². The molecule has 0 aromatic heterocycles. The van der Waals surface area contributed by atoms with Crippen LogP contribution in [-0.2, 0) is 4.43 Å². The molecule has 0 spiro atoms. The van der Waals surface area contributed by atoms with Crippen LogP contribution in [0.1, 0.15) is 38.5 Å². The monoisotopic (exact) mass is 217 g/mol. The summed E-state index contributed by atoms with van der Waals surface area (Å²) in [6, 6.07) is 1.31. The Labute approximate surface area is 90.3 Å². The van der Waals surface area contributed by atoms with Crippen molar-refractivity contribution < 1.29 is 4.43 Å². The fraction of sp³-hybridized carbons (Fsp3) is 1.00. The van der Waals surface area contributed by atoms with Gasteiger partial charge < -0.3 is 10.2 Å². The van der Waals surface area contributed by atoms with E-state index in [0.29, 0.717) is 0 Å². The molecular weight excluding hydrogens is 190 g/mol. The van der Waals surface area contributed by atoms with Crippen molar-refractivity contribution in [1.29, 1.82) is 0 Å². The summed E-state index contributed by atoms with van der Waals surface area (Å²) in [4.78, 5) is 0. The fourth-order valence-corrected chi connectivity index (χ4v) is 2.81. The zero-order chi connectivity index (χ0) is 10.9. The van der Waals surface area contributed by atoms with Gasteiger partial charge in [-0.05, 0) is 32.1 Å². The predicted octanol–water partition coefficient (Wildman–Crippen LogP) is 3.14. The standard InChI is InChI=1S/C11H27NOSi/c1-13-14(2,3)11-9-7-5-4-6-8-10-12/h4-12H2,1-3H3. The Morgan fingerprint density at radius 1 is 0.929 bits per heavy atom. The number of hydrogen-bond donors (Lipinski definition) is 1. The van der Waals surface area contributed by atoms with Crippen molar-refractivity contribution in [3.8, 4) is 0 Å². The van der Waals surface area contributed by atoms with Crippen LogP contribution in [0.15, 0.2) is 0 Å². The minimum atomic E-state index is -1.27. The lowest BCUT2D eigenvalue weighted by Crippen LogP contribution is -2.27. The molecule has 0 amide bonds. The maximum absolute atomic E-state index is 5.51. The molecule has 0 aliphatic rings. The topological polar surface area (TPSA) is 35.2 Å². The van der Waals surface area contributed by atoms with Crippen molar-refractivity contribution in [3.63, 3.8) is 0 Å². The highest BCUT2D eigenvalue weighted by Gasteiger charge is 2.18. The molecule has 0 radical (unpaired) electrons. The molecule has 2 N–H and O–H groups in total. The molecule has 0 unspecified atom stereocenters. The van der Waals surface area contributed by atoms with E-state index >= 15 is 0 Å². The van der Waals surface area contributed by atoms with E-state index < -0.39 is 8.32 Å². The highest BCUT2D eigenvalue weighted by Crippen LogP contribution is 2.16. The van der Waals surface area contributed by atoms with E-state index in [1.807, 2.05) is 7.11 Å². The summed E-state index contributed by atoms with van der Waals surface area (Å²) in [6.07, 6.45) is 7.93. The van der Waals surface area contributed by atoms with Gasteiger partial charge in [-0.2, -0.15) is 0 Å². The molecule has 86 valence electrons. The molecule has 0 rings (SSSR count). The molecule has 0 saturated carbocycles. The zero-order valence-corrected chi connectivity index (χ0v) is 11.1. The molecule has 0 saturated heterocycles. The van der Waals surface area contributed by atoms with E-state index in [1.54, 1.807) is 0 Å². The second kappa shape index (κ2) is 8.45. The first-order valence-corrected chi connectivity index (χ1v) is 8.99. The highest BCUT2D eigenvalue weighted by molar-refractivity contribution is 6.71. The van der Waals surface area contributed by atoms with Crippen LogP contribution >= 0.6 is 0 Å². The summed E-state index contributed by atoms with van der Waals surface area (Å²) < 4.78 is 5.51. The fourth-order valence-electron chi connectivity index (χ4n) is 1.50. The number of hydrogen-bond acceptors (Lipinski definition) is 2. The van der Waals surface area contributed by atoms with E-state index in [4.69, 9.17) is 10.2 Å². The van der Waals surface area contributed by atoms with Crippen LogP contribution in [0.4, 0.5) is 0 Å². The van der Waals surface area contributed by atoms with E-state index in [-0.39, 0.29) is 0 Å². The Kier molecular flexibility index (Phi) is 8.53. The van der Waals surface area contributed by atoms with Crippen LogP contribution in [0.2, 0.25) is 19.1 Å². The van der Waals surface area contributed by atoms with Crippen LogP contribution in [0.5, 0.6) is 0 Å². The molecule has 0 bridgehead atoms. The summed E-state index contributed by atoms with van der Waals surface area (Å²) in [5.74, 6) is 0. The zero-order valence-electron chi connectivity index (χ0n) is 10.1. The minimum absolute atomic E-state index is 0.851. The first-order valence-electron chi connectivity index (χ1n) is 5.87. The van der Waals surface area contributed by atoms with Crippen LogP contribution in [-0.4, -0.2) is 22.0 Å². The molecule has 14 heavy (non-hydrogen) atoms. The molecule has 0 fully saturated rings. The largest absolute Gasteiger partial charge is 0.420 e. The summed E-state index contributed by atoms with van der Waals surface area (Å²) in [5.41, 5.74) is 5.43. The number of nitrogens with two attached hydrogens (primary N) is 1. The smallest absolute Gasteiger partial charge is 0.186 e. The molecule has 0 aromatic rings. The second-order valence-electron chi connectivity index (χ2n) is 4.62. The second-order valence-corrected chi connectivity index (χ2v) is 9.05. The Morgan fingerprint density at radius 3 is 1.93 bits per heavy atom. The van der Waals surface area contributed by atoms with Crippen molar-refractivity contribution in [1.82, 2.24) is 0 Å². The first-order chi connectivity index (χ1) is 6.62. The summed E-state index contributed by atoms with van der Waals surface area (Å²) in [7, 11) is 0.582. The molecule has 0 atom stereocenters. The maximum atomic E-state index is 5.51. The van der Waals surface area contributed by atoms with E-state index in [2.05, 4.69) is 13.1 Å². The summed E-state index contributed by atoms with van der Waals surface area (Å²) in [6.45, 7) is 5.44. The Bertz CT molecular complexity index is 128. The molecule has 0 aliphatic heterocycles. The van der Waals surface area contributed by atoms with Gasteiger partial charge >= 0.3 is 0 Å². The van der Waals surface area contributed by atoms with Gasteiger partial charge in [0.15, 0.2) is 8.32 Å². The van der Waals surface area contributed by atoms with E-state index in [1.165, 1.54) is 44.6 Å². The third kappa shape index (κ3) is 8.72. The first kappa shape index (κ1) is 14.1. The Morgan fingerprint density at radius 2 is 1.43 bits per heavy atom. The van der Waals surface area contributed by atoms with Crippen LogP contribution in [0, 0.1) is 0 Å². The van der Waals surface area contributed by atoms with Gasteiger partial charge in [0.05, 0.1) is 0 Å². The lowest BCUT2D eigenvalue weighted by atomic mass is 10.1. The quantitative estimate of drug-likeness (QED) is 0.476. The van der Waals surface area contributed by atoms with Crippen LogP contribution < -0.4 is 5.73 Å². The van der Waals surface area contributed by atoms with Crippen molar-refractivity contribution in [3.05, 3.63) is 0 Å². The van der Waals surface area contributed by atoms with Gasteiger partial charge in [0.25, 0.3) is 0 Å². The molecule has 0 aliphatic carbocycles. The third-order valence-corrected chi connectivity index (χ3v) is 5.45. The molecule has 0 aromatic carbocycles. The van der Waals surface area contributed by atoms with Gasteiger partial charge in [0.1, 0.15) is 0 Å². The Balaban J connectivity index is 3.13. The SMILES string of the molecule is CO[Si](C)(C)CCCCCCCCN. The molecule has 2 nitrogen and oxygen atoms in total. The van der Waals surface area contributed by atoms with Crippen molar-refractivity contribution in [2.75, 3.05) is 13.7 Å². The summed E-state index contributed by atoms with van der Waals surface area (Å²) >= 11 is 0. The van der Waals surface area contributed by atoms with Gasteiger partial charge in [-0.15, -0.1) is 0 Å². The number of rotatable bonds is 9. The van der Waals surface area contributed by atoms with Gasteiger partial charge in [-0.25, -0.2) is 0 Å². The Hall–Kier alpha value is 0.137. The highest BCUT2D eigenvalue weighted by atomic mass is 28.4. The van der Waals surface area contributed by atoms with Crippen molar-refractivity contribution in [2.45, 2.75) is 57.7 Å². The minimum Gasteiger partial charge on any atom is -0.420 e. The average molecular weight is 217 g/mol. The normalized spacial score (nSPS) is 12.0. The predicted molar refractivity (Wildman–Crippen MR) is 66.1 cm³/mol. The van der Waals surface area contributed by atoms with Crippen molar-refractivity contribution >= 4 is 8.32 Å². The summed E-state index contributed by atoms with van der Waals surface area (Å²) in [5, 5.41) is 0.